The van der Waals surface area contributed by atoms with Crippen LogP contribution in [0.5, 0.6) is 0 Å². The molecular weight excluding hydrogens is 152 g/mol. The van der Waals surface area contributed by atoms with Crippen molar-refractivity contribution in [1.82, 2.24) is 0 Å². The number of carbonyl (C=O) groups excluding carboxylic acids is 1. The zero-order valence-electron chi connectivity index (χ0n) is 7.12. The lowest BCUT2D eigenvalue weighted by Crippen LogP contribution is -1.93. The zero-order chi connectivity index (χ0) is 8.81. The first kappa shape index (κ1) is 8.78. The minimum absolute atomic E-state index is 0.180. The molecule has 1 fully saturated rings. The predicted molar refractivity (Wildman–Crippen MR) is 47.6 cm³/mol. The van der Waals surface area contributed by atoms with Crippen LogP contribution in [0, 0.1) is 0 Å². The predicted octanol–water partition coefficient (Wildman–Crippen LogP) is 1.99. The van der Waals surface area contributed by atoms with Crippen molar-refractivity contribution in [2.45, 2.75) is 13.3 Å². The van der Waals surface area contributed by atoms with Gasteiger partial charge in [0, 0.05) is 12.0 Å². The molecule has 0 aromatic rings. The van der Waals surface area contributed by atoms with Crippen molar-refractivity contribution >= 4 is 5.97 Å². The number of esters is 1. The molecule has 0 bridgehead atoms. The minimum Gasteiger partial charge on any atom is -0.462 e. The summed E-state index contributed by atoms with van der Waals surface area (Å²) in [7, 11) is 0. The second kappa shape index (κ2) is 4.54. The lowest BCUT2D eigenvalue weighted by atomic mass is 10.2. The van der Waals surface area contributed by atoms with Crippen LogP contribution in [-0.2, 0) is 9.53 Å². The summed E-state index contributed by atoms with van der Waals surface area (Å²) in [5.41, 5.74) is 0.760. The topological polar surface area (TPSA) is 26.3 Å². The van der Waals surface area contributed by atoms with Gasteiger partial charge in [0.15, 0.2) is 0 Å². The van der Waals surface area contributed by atoms with Crippen LogP contribution in [0.15, 0.2) is 36.0 Å². The van der Waals surface area contributed by atoms with E-state index in [9.17, 15) is 4.79 Å². The Bertz CT molecular complexity index is 247. The van der Waals surface area contributed by atoms with Gasteiger partial charge in [-0.1, -0.05) is 30.4 Å². The van der Waals surface area contributed by atoms with Crippen molar-refractivity contribution in [3.05, 3.63) is 36.0 Å². The van der Waals surface area contributed by atoms with Gasteiger partial charge < -0.3 is 4.74 Å². The first-order valence-corrected chi connectivity index (χ1v) is 4.00. The van der Waals surface area contributed by atoms with Gasteiger partial charge in [-0.25, -0.2) is 4.79 Å². The maximum atomic E-state index is 10.9. The van der Waals surface area contributed by atoms with Crippen molar-refractivity contribution in [2.75, 3.05) is 6.61 Å². The third kappa shape index (κ3) is 2.38. The molecule has 0 spiro atoms. The number of ether oxygens (including phenoxy) is 1. The summed E-state index contributed by atoms with van der Waals surface area (Å²) < 4.78 is 4.76. The van der Waals surface area contributed by atoms with Crippen LogP contribution < -0.4 is 0 Å². The molecule has 0 atom stereocenters. The lowest BCUT2D eigenvalue weighted by molar-refractivity contribution is -0.135. The Morgan fingerprint density at radius 3 is 2.75 bits per heavy atom. The van der Waals surface area contributed by atoms with Gasteiger partial charge in [0.2, 0.25) is 0 Å². The summed E-state index contributed by atoms with van der Waals surface area (Å²) in [5.74, 6) is -0.180. The molecule has 0 aliphatic carbocycles. The summed E-state index contributed by atoms with van der Waals surface area (Å²) in [5, 5.41) is 0. The summed E-state index contributed by atoms with van der Waals surface area (Å²) >= 11 is 0. The highest BCUT2D eigenvalue weighted by Crippen LogP contribution is 2.12. The van der Waals surface area contributed by atoms with Crippen molar-refractivity contribution < 1.29 is 9.53 Å². The van der Waals surface area contributed by atoms with Crippen molar-refractivity contribution in [1.29, 1.82) is 0 Å². The van der Waals surface area contributed by atoms with E-state index in [1.165, 1.54) is 0 Å². The molecule has 2 heteroatoms. The average Bonchev–Trinajstić information content (AvgIpc) is 2.46. The molecule has 0 amide bonds. The normalized spacial score (nSPS) is 21.4. The molecule has 64 valence electrons. The maximum absolute atomic E-state index is 10.9. The van der Waals surface area contributed by atoms with Crippen molar-refractivity contribution in [3.63, 3.8) is 0 Å². The highest BCUT2D eigenvalue weighted by molar-refractivity contribution is 5.90. The first-order valence-electron chi connectivity index (χ1n) is 4.00. The van der Waals surface area contributed by atoms with Crippen molar-refractivity contribution in [3.8, 4) is 0 Å². The van der Waals surface area contributed by atoms with Gasteiger partial charge in [-0.05, 0) is 6.92 Å². The molecule has 1 aliphatic rings. The highest BCUT2D eigenvalue weighted by atomic mass is 16.5. The smallest absolute Gasteiger partial charge is 0.334 e. The van der Waals surface area contributed by atoms with E-state index in [0.717, 1.165) is 12.0 Å². The second-order valence-electron chi connectivity index (χ2n) is 2.49. The molecule has 1 rings (SSSR count). The Morgan fingerprint density at radius 1 is 1.33 bits per heavy atom. The molecular formula is C10H12O2. The molecule has 1 saturated heterocycles. The number of hydrogen-bond acceptors (Lipinski definition) is 2. The molecule has 0 saturated carbocycles. The summed E-state index contributed by atoms with van der Waals surface area (Å²) in [4.78, 5) is 10.9. The molecule has 0 radical (unpaired) electrons. The zero-order valence-corrected chi connectivity index (χ0v) is 7.12. The van der Waals surface area contributed by atoms with E-state index < -0.39 is 0 Å². The van der Waals surface area contributed by atoms with Crippen LogP contribution >= 0.6 is 0 Å². The lowest BCUT2D eigenvalue weighted by Gasteiger charge is -1.86. The van der Waals surface area contributed by atoms with E-state index in [4.69, 9.17) is 4.74 Å². The van der Waals surface area contributed by atoms with Gasteiger partial charge in [-0.15, -0.1) is 0 Å². The first-order chi connectivity index (χ1) is 5.84. The van der Waals surface area contributed by atoms with Crippen LogP contribution in [0.3, 0.4) is 0 Å². The van der Waals surface area contributed by atoms with Crippen LogP contribution in [0.2, 0.25) is 0 Å². The molecule has 0 unspecified atom stereocenters. The summed E-state index contributed by atoms with van der Waals surface area (Å²) in [6.45, 7) is 2.48. The number of allylic oxidation sites excluding steroid dienone is 5. The van der Waals surface area contributed by atoms with Crippen LogP contribution in [0.25, 0.3) is 0 Å². The molecule has 0 aromatic heterocycles. The SMILES string of the molecule is C/C=C/C=C/C=C1\CCOC1=O. The molecule has 12 heavy (non-hydrogen) atoms. The number of carbonyl (C=O) groups is 1. The Hall–Kier alpha value is -1.31. The molecule has 1 aliphatic heterocycles. The fourth-order valence-corrected chi connectivity index (χ4v) is 0.947. The second-order valence-corrected chi connectivity index (χ2v) is 2.49. The quantitative estimate of drug-likeness (QED) is 0.354. The molecule has 1 heterocycles. The Labute approximate surface area is 72.2 Å². The molecule has 0 aromatic carbocycles. The van der Waals surface area contributed by atoms with E-state index in [0.29, 0.717) is 6.61 Å². The Kier molecular flexibility index (Phi) is 3.33. The monoisotopic (exact) mass is 164 g/mol. The van der Waals surface area contributed by atoms with Gasteiger partial charge in [0.25, 0.3) is 0 Å². The van der Waals surface area contributed by atoms with Gasteiger partial charge >= 0.3 is 5.97 Å². The fourth-order valence-electron chi connectivity index (χ4n) is 0.947. The molecule has 2 nitrogen and oxygen atoms in total. The fraction of sp³-hybridized carbons (Fsp3) is 0.300. The van der Waals surface area contributed by atoms with E-state index in [1.54, 1.807) is 6.08 Å². The maximum Gasteiger partial charge on any atom is 0.334 e. The number of cyclic esters (lactones) is 1. The van der Waals surface area contributed by atoms with E-state index in [2.05, 4.69) is 0 Å². The van der Waals surface area contributed by atoms with Gasteiger partial charge in [-0.2, -0.15) is 0 Å². The summed E-state index contributed by atoms with van der Waals surface area (Å²) in [6.07, 6.45) is 10.1. The van der Waals surface area contributed by atoms with Gasteiger partial charge in [-0.3, -0.25) is 0 Å². The number of rotatable bonds is 2. The van der Waals surface area contributed by atoms with E-state index in [-0.39, 0.29) is 5.97 Å². The third-order valence-corrected chi connectivity index (χ3v) is 1.58. The van der Waals surface area contributed by atoms with Crippen LogP contribution in [0.1, 0.15) is 13.3 Å². The van der Waals surface area contributed by atoms with Crippen LogP contribution in [-0.4, -0.2) is 12.6 Å². The van der Waals surface area contributed by atoms with Crippen molar-refractivity contribution in [2.24, 2.45) is 0 Å². The van der Waals surface area contributed by atoms with E-state index >= 15 is 0 Å². The molecule has 0 N–H and O–H groups in total. The van der Waals surface area contributed by atoms with E-state index in [1.807, 2.05) is 31.2 Å². The van der Waals surface area contributed by atoms with Gasteiger partial charge in [0.05, 0.1) is 6.61 Å². The summed E-state index contributed by atoms with van der Waals surface area (Å²) in [6, 6.07) is 0. The minimum atomic E-state index is -0.180. The van der Waals surface area contributed by atoms with Crippen LogP contribution in [0.4, 0.5) is 0 Å². The van der Waals surface area contributed by atoms with Gasteiger partial charge in [0.1, 0.15) is 0 Å². The average molecular weight is 164 g/mol. The largest absolute Gasteiger partial charge is 0.462 e. The standard InChI is InChI=1S/C10H12O2/c1-2-3-4-5-6-9-7-8-12-10(9)11/h2-6H,7-8H2,1H3/b3-2+,5-4+,9-6+. The number of hydrogen-bond donors (Lipinski definition) is 0. The highest BCUT2D eigenvalue weighted by Gasteiger charge is 2.16. The third-order valence-electron chi connectivity index (χ3n) is 1.58. The Balaban J connectivity index is 2.51. The Morgan fingerprint density at radius 2 is 2.17 bits per heavy atom.